The minimum atomic E-state index is -0.346. The number of ether oxygens (including phenoxy) is 1. The van der Waals surface area contributed by atoms with Gasteiger partial charge >= 0.3 is 0 Å². The van der Waals surface area contributed by atoms with E-state index in [0.717, 1.165) is 0 Å². The molecule has 4 heteroatoms. The van der Waals surface area contributed by atoms with Crippen LogP contribution in [-0.4, -0.2) is 12.1 Å². The highest BCUT2D eigenvalue weighted by molar-refractivity contribution is 9.08. The van der Waals surface area contributed by atoms with Crippen molar-refractivity contribution < 1.29 is 9.13 Å². The second-order valence-electron chi connectivity index (χ2n) is 1.94. The van der Waals surface area contributed by atoms with Crippen molar-refractivity contribution in [3.63, 3.8) is 0 Å². The number of hydrogen-bond acceptors (Lipinski definition) is 2. The van der Waals surface area contributed by atoms with Crippen LogP contribution in [0.3, 0.4) is 0 Å². The molecule has 0 saturated carbocycles. The molecule has 1 aromatic rings. The van der Waals surface area contributed by atoms with Crippen LogP contribution in [0.4, 0.5) is 4.39 Å². The number of alkyl halides is 1. The number of nitrogens with zero attached hydrogens (tertiary/aromatic N) is 1. The van der Waals surface area contributed by atoms with Gasteiger partial charge in [-0.2, -0.15) is 0 Å². The summed E-state index contributed by atoms with van der Waals surface area (Å²) in [6, 6.07) is 1.31. The number of aromatic nitrogens is 1. The zero-order chi connectivity index (χ0) is 8.27. The van der Waals surface area contributed by atoms with Gasteiger partial charge in [0.25, 0.3) is 0 Å². The van der Waals surface area contributed by atoms with Gasteiger partial charge in [0.15, 0.2) is 0 Å². The maximum atomic E-state index is 12.9. The molecule has 0 N–H and O–H groups in total. The van der Waals surface area contributed by atoms with Crippen molar-refractivity contribution >= 4 is 15.9 Å². The number of pyridine rings is 1. The average molecular weight is 220 g/mol. The van der Waals surface area contributed by atoms with E-state index in [-0.39, 0.29) is 5.82 Å². The Hall–Kier alpha value is -0.640. The average Bonchev–Trinajstić information content (AvgIpc) is 2.04. The van der Waals surface area contributed by atoms with Gasteiger partial charge in [-0.25, -0.2) is 4.39 Å². The maximum absolute atomic E-state index is 12.9. The molecule has 1 aromatic heterocycles. The topological polar surface area (TPSA) is 22.1 Å². The lowest BCUT2D eigenvalue weighted by molar-refractivity contribution is 0.408. The highest BCUT2D eigenvalue weighted by Gasteiger charge is 2.02. The van der Waals surface area contributed by atoms with Crippen molar-refractivity contribution in [2.75, 3.05) is 7.11 Å². The zero-order valence-electron chi connectivity index (χ0n) is 5.97. The van der Waals surface area contributed by atoms with Gasteiger partial charge in [0.2, 0.25) is 0 Å². The summed E-state index contributed by atoms with van der Waals surface area (Å²) in [5.74, 6) is 0.0911. The Kier molecular flexibility index (Phi) is 2.82. The number of halogens is 2. The van der Waals surface area contributed by atoms with E-state index in [4.69, 9.17) is 4.74 Å². The van der Waals surface area contributed by atoms with E-state index in [1.54, 1.807) is 0 Å². The quantitative estimate of drug-likeness (QED) is 0.712. The summed E-state index contributed by atoms with van der Waals surface area (Å²) in [5, 5.41) is 0.419. The molecular weight excluding hydrogens is 213 g/mol. The minimum Gasteiger partial charge on any atom is -0.495 e. The molecule has 0 fully saturated rings. The predicted octanol–water partition coefficient (Wildman–Crippen LogP) is 2.12. The van der Waals surface area contributed by atoms with Crippen molar-refractivity contribution in [2.45, 2.75) is 5.33 Å². The molecule has 0 unspecified atom stereocenters. The van der Waals surface area contributed by atoms with Crippen LogP contribution in [0.25, 0.3) is 0 Å². The Morgan fingerprint density at radius 2 is 2.45 bits per heavy atom. The lowest BCUT2D eigenvalue weighted by atomic mass is 10.3. The molecule has 0 aliphatic rings. The molecule has 0 saturated heterocycles. The molecule has 0 radical (unpaired) electrons. The molecule has 60 valence electrons. The summed E-state index contributed by atoms with van der Waals surface area (Å²) in [5.41, 5.74) is 0.394. The van der Waals surface area contributed by atoms with E-state index in [2.05, 4.69) is 20.9 Å². The Bertz CT molecular complexity index is 254. The van der Waals surface area contributed by atoms with Gasteiger partial charge in [-0.3, -0.25) is 4.98 Å². The fourth-order valence-electron chi connectivity index (χ4n) is 0.659. The first kappa shape index (κ1) is 8.46. The lowest BCUT2D eigenvalue weighted by Crippen LogP contribution is -1.92. The summed E-state index contributed by atoms with van der Waals surface area (Å²) in [4.78, 5) is 3.82. The molecule has 0 aromatic carbocycles. The molecule has 0 spiro atoms. The summed E-state index contributed by atoms with van der Waals surface area (Å²) in [6.45, 7) is 0. The summed E-state index contributed by atoms with van der Waals surface area (Å²) >= 11 is 3.11. The van der Waals surface area contributed by atoms with Crippen molar-refractivity contribution in [3.8, 4) is 5.75 Å². The van der Waals surface area contributed by atoms with E-state index in [9.17, 15) is 4.39 Å². The van der Waals surface area contributed by atoms with E-state index < -0.39 is 0 Å². The van der Waals surface area contributed by atoms with Crippen LogP contribution >= 0.6 is 15.9 Å². The number of methoxy groups -OCH3 is 1. The molecule has 0 atom stereocenters. The van der Waals surface area contributed by atoms with Crippen molar-refractivity contribution in [1.82, 2.24) is 4.98 Å². The highest BCUT2D eigenvalue weighted by atomic mass is 79.9. The van der Waals surface area contributed by atoms with Crippen LogP contribution < -0.4 is 4.74 Å². The molecule has 0 aliphatic heterocycles. The van der Waals surface area contributed by atoms with Crippen LogP contribution in [-0.2, 0) is 5.33 Å². The largest absolute Gasteiger partial charge is 0.495 e. The van der Waals surface area contributed by atoms with E-state index >= 15 is 0 Å². The van der Waals surface area contributed by atoms with Gasteiger partial charge in [0, 0.05) is 11.4 Å². The lowest BCUT2D eigenvalue weighted by Gasteiger charge is -2.00. The third-order valence-electron chi connectivity index (χ3n) is 1.25. The summed E-state index contributed by atoms with van der Waals surface area (Å²) < 4.78 is 17.6. The van der Waals surface area contributed by atoms with E-state index in [1.807, 2.05) is 0 Å². The molecule has 0 bridgehead atoms. The van der Waals surface area contributed by atoms with Crippen molar-refractivity contribution in [1.29, 1.82) is 0 Å². The number of rotatable bonds is 2. The Morgan fingerprint density at radius 3 is 2.91 bits per heavy atom. The molecule has 0 aliphatic carbocycles. The summed E-state index contributed by atoms with van der Waals surface area (Å²) in [7, 11) is 1.48. The molecule has 1 rings (SSSR count). The number of hydrogen-bond donors (Lipinski definition) is 0. The third kappa shape index (κ3) is 1.89. The van der Waals surface area contributed by atoms with Crippen LogP contribution in [0.1, 0.15) is 5.69 Å². The smallest absolute Gasteiger partial charge is 0.149 e. The Balaban J connectivity index is 2.99. The SMILES string of the molecule is COc1cnc(CBr)c(F)c1. The van der Waals surface area contributed by atoms with Gasteiger partial charge < -0.3 is 4.74 Å². The Labute approximate surface area is 72.5 Å². The van der Waals surface area contributed by atoms with Gasteiger partial charge in [-0.15, -0.1) is 0 Å². The molecule has 1 heterocycles. The van der Waals surface area contributed by atoms with Crippen molar-refractivity contribution in [3.05, 3.63) is 23.8 Å². The van der Waals surface area contributed by atoms with E-state index in [0.29, 0.717) is 16.8 Å². The van der Waals surface area contributed by atoms with Gasteiger partial charge in [0.1, 0.15) is 11.6 Å². The second kappa shape index (κ2) is 3.67. The minimum absolute atomic E-state index is 0.346. The normalized spacial score (nSPS) is 9.73. The first-order valence-electron chi connectivity index (χ1n) is 3.02. The first-order valence-corrected chi connectivity index (χ1v) is 4.14. The van der Waals surface area contributed by atoms with E-state index in [1.165, 1.54) is 19.4 Å². The third-order valence-corrected chi connectivity index (χ3v) is 1.79. The van der Waals surface area contributed by atoms with Crippen LogP contribution in [0.5, 0.6) is 5.75 Å². The molecule has 0 amide bonds. The standard InChI is InChI=1S/C7H7BrFNO/c1-11-5-2-6(9)7(3-8)10-4-5/h2,4H,3H2,1H3. The van der Waals surface area contributed by atoms with Crippen LogP contribution in [0.15, 0.2) is 12.3 Å². The van der Waals surface area contributed by atoms with Crippen molar-refractivity contribution in [2.24, 2.45) is 0 Å². The molecule has 2 nitrogen and oxygen atoms in total. The molecular formula is C7H7BrFNO. The summed E-state index contributed by atoms with van der Waals surface area (Å²) in [6.07, 6.45) is 1.49. The second-order valence-corrected chi connectivity index (χ2v) is 2.50. The Morgan fingerprint density at radius 1 is 1.73 bits per heavy atom. The maximum Gasteiger partial charge on any atom is 0.149 e. The molecule has 11 heavy (non-hydrogen) atoms. The van der Waals surface area contributed by atoms with Crippen LogP contribution in [0.2, 0.25) is 0 Å². The highest BCUT2D eigenvalue weighted by Crippen LogP contribution is 2.14. The van der Waals surface area contributed by atoms with Gasteiger partial charge in [0.05, 0.1) is 19.0 Å². The fourth-order valence-corrected chi connectivity index (χ4v) is 1.07. The predicted molar refractivity (Wildman–Crippen MR) is 43.4 cm³/mol. The first-order chi connectivity index (χ1) is 5.27. The van der Waals surface area contributed by atoms with Crippen LogP contribution in [0, 0.1) is 5.82 Å². The fraction of sp³-hybridized carbons (Fsp3) is 0.286. The zero-order valence-corrected chi connectivity index (χ0v) is 7.56. The van der Waals surface area contributed by atoms with Gasteiger partial charge in [-0.05, 0) is 0 Å². The monoisotopic (exact) mass is 219 g/mol. The van der Waals surface area contributed by atoms with Gasteiger partial charge in [-0.1, -0.05) is 15.9 Å².